The van der Waals surface area contributed by atoms with Gasteiger partial charge in [-0.15, -0.1) is 0 Å². The first-order valence-electron chi connectivity index (χ1n) is 6.95. The van der Waals surface area contributed by atoms with Crippen LogP contribution in [0.15, 0.2) is 24.3 Å². The molecule has 0 aliphatic carbocycles. The lowest BCUT2D eigenvalue weighted by molar-refractivity contribution is 0.175. The van der Waals surface area contributed by atoms with Gasteiger partial charge in [0.1, 0.15) is 0 Å². The highest BCUT2D eigenvalue weighted by atomic mass is 15.1. The van der Waals surface area contributed by atoms with Crippen molar-refractivity contribution in [3.8, 4) is 0 Å². The van der Waals surface area contributed by atoms with Crippen LogP contribution in [0.1, 0.15) is 38.3 Å². The van der Waals surface area contributed by atoms with E-state index in [-0.39, 0.29) is 5.41 Å². The molecule has 2 N–H and O–H groups in total. The summed E-state index contributed by atoms with van der Waals surface area (Å²) < 4.78 is 0. The molecule has 0 aliphatic heterocycles. The maximum absolute atomic E-state index is 5.85. The topological polar surface area (TPSA) is 29.3 Å². The number of nitrogens with zero attached hydrogens (tertiary/aromatic N) is 1. The first-order chi connectivity index (χ1) is 8.48. The zero-order valence-corrected chi connectivity index (χ0v) is 12.4. The summed E-state index contributed by atoms with van der Waals surface area (Å²) in [5.41, 5.74) is 8.85. The van der Waals surface area contributed by atoms with Crippen LogP contribution in [0.3, 0.4) is 0 Å². The lowest BCUT2D eigenvalue weighted by atomic mass is 9.92. The Morgan fingerprint density at radius 1 is 1.22 bits per heavy atom. The SMILES string of the molecule is CCCN(Cc1ccccc1C)CC(C)(C)CN. The molecule has 1 aromatic carbocycles. The fraction of sp³-hybridized carbons (Fsp3) is 0.625. The van der Waals surface area contributed by atoms with Gasteiger partial charge >= 0.3 is 0 Å². The molecule has 1 rings (SSSR count). The van der Waals surface area contributed by atoms with Gasteiger partial charge in [0.05, 0.1) is 0 Å². The lowest BCUT2D eigenvalue weighted by Crippen LogP contribution is -2.38. The molecule has 0 spiro atoms. The maximum atomic E-state index is 5.85. The Hall–Kier alpha value is -0.860. The first-order valence-corrected chi connectivity index (χ1v) is 6.95. The van der Waals surface area contributed by atoms with E-state index in [0.29, 0.717) is 0 Å². The number of hydrogen-bond acceptors (Lipinski definition) is 2. The normalized spacial score (nSPS) is 12.1. The number of rotatable bonds is 7. The van der Waals surface area contributed by atoms with E-state index in [1.807, 2.05) is 0 Å². The molecule has 0 saturated heterocycles. The molecule has 0 saturated carbocycles. The summed E-state index contributed by atoms with van der Waals surface area (Å²) in [6.07, 6.45) is 1.19. The van der Waals surface area contributed by atoms with Gasteiger partial charge in [-0.05, 0) is 43.0 Å². The van der Waals surface area contributed by atoms with E-state index >= 15 is 0 Å². The summed E-state index contributed by atoms with van der Waals surface area (Å²) in [5, 5.41) is 0. The Balaban J connectivity index is 2.72. The molecule has 0 bridgehead atoms. The van der Waals surface area contributed by atoms with Crippen LogP contribution in [0.4, 0.5) is 0 Å². The molecule has 0 aliphatic rings. The first kappa shape index (κ1) is 15.2. The molecule has 0 heterocycles. The summed E-state index contributed by atoms with van der Waals surface area (Å²) in [6, 6.07) is 8.65. The largest absolute Gasteiger partial charge is 0.330 e. The minimum atomic E-state index is 0.192. The van der Waals surface area contributed by atoms with Crippen LogP contribution < -0.4 is 5.73 Å². The van der Waals surface area contributed by atoms with Crippen molar-refractivity contribution in [2.24, 2.45) is 11.1 Å². The summed E-state index contributed by atoms with van der Waals surface area (Å²) >= 11 is 0. The number of hydrogen-bond donors (Lipinski definition) is 1. The predicted molar refractivity (Wildman–Crippen MR) is 79.6 cm³/mol. The quantitative estimate of drug-likeness (QED) is 0.803. The molecular weight excluding hydrogens is 220 g/mol. The second-order valence-corrected chi connectivity index (χ2v) is 6.01. The Morgan fingerprint density at radius 2 is 1.89 bits per heavy atom. The smallest absolute Gasteiger partial charge is 0.0236 e. The van der Waals surface area contributed by atoms with Crippen molar-refractivity contribution < 1.29 is 0 Å². The molecule has 2 nitrogen and oxygen atoms in total. The van der Waals surface area contributed by atoms with Crippen LogP contribution in [0.25, 0.3) is 0 Å². The zero-order chi connectivity index (χ0) is 13.6. The predicted octanol–water partition coefficient (Wildman–Crippen LogP) is 3.19. The molecule has 18 heavy (non-hydrogen) atoms. The molecule has 1 aromatic rings. The van der Waals surface area contributed by atoms with Crippen LogP contribution in [0.5, 0.6) is 0 Å². The van der Waals surface area contributed by atoms with Gasteiger partial charge in [-0.1, -0.05) is 45.0 Å². The summed E-state index contributed by atoms with van der Waals surface area (Å²) in [4.78, 5) is 2.52. The van der Waals surface area contributed by atoms with Gasteiger partial charge in [-0.2, -0.15) is 0 Å². The average molecular weight is 248 g/mol. The Kier molecular flexibility index (Phi) is 5.83. The van der Waals surface area contributed by atoms with E-state index in [4.69, 9.17) is 5.73 Å². The van der Waals surface area contributed by atoms with Gasteiger partial charge in [0.15, 0.2) is 0 Å². The van der Waals surface area contributed by atoms with Gasteiger partial charge in [-0.25, -0.2) is 0 Å². The van der Waals surface area contributed by atoms with E-state index < -0.39 is 0 Å². The fourth-order valence-corrected chi connectivity index (χ4v) is 2.23. The van der Waals surface area contributed by atoms with E-state index in [1.165, 1.54) is 17.5 Å². The van der Waals surface area contributed by atoms with E-state index in [9.17, 15) is 0 Å². The van der Waals surface area contributed by atoms with E-state index in [0.717, 1.165) is 26.2 Å². The number of nitrogens with two attached hydrogens (primary N) is 1. The molecule has 0 atom stereocenters. The van der Waals surface area contributed by atoms with Crippen molar-refractivity contribution >= 4 is 0 Å². The van der Waals surface area contributed by atoms with Gasteiger partial charge in [0.2, 0.25) is 0 Å². The molecule has 0 fully saturated rings. The van der Waals surface area contributed by atoms with Crippen molar-refractivity contribution in [3.63, 3.8) is 0 Å². The highest BCUT2D eigenvalue weighted by Gasteiger charge is 2.20. The minimum absolute atomic E-state index is 0.192. The van der Waals surface area contributed by atoms with Crippen LogP contribution in [-0.2, 0) is 6.54 Å². The van der Waals surface area contributed by atoms with Gasteiger partial charge in [0.25, 0.3) is 0 Å². The minimum Gasteiger partial charge on any atom is -0.330 e. The molecule has 0 amide bonds. The second-order valence-electron chi connectivity index (χ2n) is 6.01. The maximum Gasteiger partial charge on any atom is 0.0236 e. The summed E-state index contributed by atoms with van der Waals surface area (Å²) in [5.74, 6) is 0. The second kappa shape index (κ2) is 6.91. The molecule has 0 radical (unpaired) electrons. The van der Waals surface area contributed by atoms with E-state index in [2.05, 4.69) is 56.9 Å². The number of aryl methyl sites for hydroxylation is 1. The van der Waals surface area contributed by atoms with Crippen molar-refractivity contribution in [2.75, 3.05) is 19.6 Å². The highest BCUT2D eigenvalue weighted by molar-refractivity contribution is 5.25. The van der Waals surface area contributed by atoms with Crippen molar-refractivity contribution in [3.05, 3.63) is 35.4 Å². The van der Waals surface area contributed by atoms with Crippen LogP contribution >= 0.6 is 0 Å². The molecule has 0 unspecified atom stereocenters. The highest BCUT2D eigenvalue weighted by Crippen LogP contribution is 2.18. The van der Waals surface area contributed by atoms with Crippen LogP contribution in [0.2, 0.25) is 0 Å². The monoisotopic (exact) mass is 248 g/mol. The Labute approximate surface area is 112 Å². The third kappa shape index (κ3) is 4.79. The van der Waals surface area contributed by atoms with Crippen molar-refractivity contribution in [1.82, 2.24) is 4.90 Å². The molecule has 0 aromatic heterocycles. The van der Waals surface area contributed by atoms with Gasteiger partial charge in [0, 0.05) is 13.1 Å². The van der Waals surface area contributed by atoms with Crippen LogP contribution in [0, 0.1) is 12.3 Å². The zero-order valence-electron chi connectivity index (χ0n) is 12.4. The van der Waals surface area contributed by atoms with Crippen molar-refractivity contribution in [2.45, 2.75) is 40.7 Å². The average Bonchev–Trinajstić information content (AvgIpc) is 2.32. The summed E-state index contributed by atoms with van der Waals surface area (Å²) in [7, 11) is 0. The van der Waals surface area contributed by atoms with Gasteiger partial charge < -0.3 is 5.73 Å². The fourth-order valence-electron chi connectivity index (χ4n) is 2.23. The molecule has 102 valence electrons. The summed E-state index contributed by atoms with van der Waals surface area (Å²) in [6.45, 7) is 12.9. The Bertz CT molecular complexity index is 358. The van der Waals surface area contributed by atoms with Crippen LogP contribution in [-0.4, -0.2) is 24.5 Å². The standard InChI is InChI=1S/C16H28N2/c1-5-10-18(13-16(3,4)12-17)11-15-9-7-6-8-14(15)2/h6-9H,5,10-13,17H2,1-4H3. The van der Waals surface area contributed by atoms with Gasteiger partial charge in [-0.3, -0.25) is 4.90 Å². The molecule has 2 heteroatoms. The van der Waals surface area contributed by atoms with E-state index in [1.54, 1.807) is 0 Å². The third-order valence-electron chi connectivity index (χ3n) is 3.40. The number of benzene rings is 1. The third-order valence-corrected chi connectivity index (χ3v) is 3.40. The lowest BCUT2D eigenvalue weighted by Gasteiger charge is -2.32. The van der Waals surface area contributed by atoms with Crippen molar-refractivity contribution in [1.29, 1.82) is 0 Å². The Morgan fingerprint density at radius 3 is 2.44 bits per heavy atom. The molecular formula is C16H28N2.